The number of nitrogens with zero attached hydrogens (tertiary/aromatic N) is 4. The number of hydrazine groups is 1. The lowest BCUT2D eigenvalue weighted by atomic mass is 9.75. The average Bonchev–Trinajstić information content (AvgIpc) is 3.25. The molecule has 0 unspecified atom stereocenters. The van der Waals surface area contributed by atoms with Crippen LogP contribution >= 0.6 is 0 Å². The quantitative estimate of drug-likeness (QED) is 0.464. The van der Waals surface area contributed by atoms with E-state index in [-0.39, 0.29) is 5.91 Å². The van der Waals surface area contributed by atoms with Crippen molar-refractivity contribution in [1.82, 2.24) is 10.0 Å². The highest BCUT2D eigenvalue weighted by molar-refractivity contribution is 6.03. The van der Waals surface area contributed by atoms with Crippen molar-refractivity contribution in [1.29, 1.82) is 0 Å². The number of hydrogen-bond acceptors (Lipinski definition) is 7. The lowest BCUT2D eigenvalue weighted by molar-refractivity contribution is -0.0783. The van der Waals surface area contributed by atoms with Crippen molar-refractivity contribution in [2.75, 3.05) is 62.4 Å². The first-order valence-corrected chi connectivity index (χ1v) is 14.8. The van der Waals surface area contributed by atoms with Crippen molar-refractivity contribution in [3.63, 3.8) is 0 Å². The molecule has 4 heterocycles. The molecular weight excluding hydrogens is 548 g/mol. The van der Waals surface area contributed by atoms with E-state index < -0.39 is 17.2 Å². The third-order valence-electron chi connectivity index (χ3n) is 8.76. The summed E-state index contributed by atoms with van der Waals surface area (Å²) in [7, 11) is 0. The van der Waals surface area contributed by atoms with Crippen LogP contribution in [0.25, 0.3) is 0 Å². The first-order valence-electron chi connectivity index (χ1n) is 14.8. The van der Waals surface area contributed by atoms with E-state index in [1.807, 2.05) is 54.6 Å². The summed E-state index contributed by atoms with van der Waals surface area (Å²) in [4.78, 5) is 32.0. The van der Waals surface area contributed by atoms with Crippen LogP contribution < -0.4 is 14.5 Å². The average molecular weight is 585 g/mol. The predicted molar refractivity (Wildman–Crippen MR) is 161 cm³/mol. The van der Waals surface area contributed by atoms with E-state index in [9.17, 15) is 14.7 Å². The number of anilines is 2. The van der Waals surface area contributed by atoms with Gasteiger partial charge in [-0.05, 0) is 39.0 Å². The summed E-state index contributed by atoms with van der Waals surface area (Å²) in [6.07, 6.45) is -1.21. The SMILES string of the molecule is CC(C)(C)N(C(=O)O)N1C(=O)c2ccccc2C12c1ccc(N3CCOCC3)cc1Oc1cc(N3CCOCC3)ccc12. The van der Waals surface area contributed by atoms with E-state index in [0.717, 1.165) is 43.1 Å². The smallest absolute Gasteiger partial charge is 0.426 e. The Labute approximate surface area is 250 Å². The molecule has 4 aliphatic rings. The Bertz CT molecular complexity index is 1520. The number of carboxylic acid groups (broad SMARTS) is 1. The molecule has 4 aliphatic heterocycles. The molecule has 2 amide bonds. The second-order valence-corrected chi connectivity index (χ2v) is 12.3. The Morgan fingerprint density at radius 1 is 0.791 bits per heavy atom. The van der Waals surface area contributed by atoms with Crippen LogP contribution in [0.3, 0.4) is 0 Å². The molecule has 3 aromatic carbocycles. The van der Waals surface area contributed by atoms with E-state index in [1.165, 1.54) is 10.0 Å². The molecule has 7 rings (SSSR count). The minimum absolute atomic E-state index is 0.374. The minimum atomic E-state index is -1.28. The van der Waals surface area contributed by atoms with E-state index in [0.29, 0.717) is 54.6 Å². The number of fused-ring (bicyclic) bond motifs is 6. The van der Waals surface area contributed by atoms with Gasteiger partial charge in [0.1, 0.15) is 17.0 Å². The van der Waals surface area contributed by atoms with Crippen molar-refractivity contribution in [2.24, 2.45) is 0 Å². The first-order chi connectivity index (χ1) is 20.7. The standard InChI is InChI=1S/C33H36N4O6/c1-32(2,3)37(31(39)40)36-30(38)24-6-4-5-7-25(24)33(36)26-10-8-22(34-12-16-41-17-13-34)20-28(26)43-29-21-23(9-11-27(29)33)35-14-18-42-19-15-35/h4-11,20-21H,12-19H2,1-3H3,(H,39,40). The van der Waals surface area contributed by atoms with Crippen molar-refractivity contribution in [3.05, 3.63) is 82.9 Å². The van der Waals surface area contributed by atoms with Crippen LogP contribution in [0.1, 0.15) is 47.8 Å². The lowest BCUT2D eigenvalue weighted by Gasteiger charge is -2.50. The molecule has 2 saturated heterocycles. The molecule has 0 aliphatic carbocycles. The summed E-state index contributed by atoms with van der Waals surface area (Å²) in [6, 6.07) is 19.5. The highest BCUT2D eigenvalue weighted by atomic mass is 16.5. The molecule has 0 atom stereocenters. The third-order valence-corrected chi connectivity index (χ3v) is 8.76. The zero-order valence-corrected chi connectivity index (χ0v) is 24.7. The van der Waals surface area contributed by atoms with Crippen LogP contribution in [0, 0.1) is 0 Å². The van der Waals surface area contributed by atoms with E-state index in [2.05, 4.69) is 9.80 Å². The van der Waals surface area contributed by atoms with Gasteiger partial charge in [-0.2, -0.15) is 0 Å². The zero-order chi connectivity index (χ0) is 29.9. The van der Waals surface area contributed by atoms with Gasteiger partial charge in [0, 0.05) is 71.9 Å². The Hall–Kier alpha value is -4.28. The van der Waals surface area contributed by atoms with Crippen LogP contribution in [-0.4, -0.2) is 85.3 Å². The largest absolute Gasteiger partial charge is 0.464 e. The highest BCUT2D eigenvalue weighted by Crippen LogP contribution is 2.59. The van der Waals surface area contributed by atoms with E-state index in [4.69, 9.17) is 14.2 Å². The molecule has 0 saturated carbocycles. The first kappa shape index (κ1) is 27.5. The normalized spacial score (nSPS) is 19.0. The molecule has 0 aromatic heterocycles. The fourth-order valence-electron chi connectivity index (χ4n) is 6.89. The molecule has 1 N–H and O–H groups in total. The Morgan fingerprint density at radius 2 is 1.30 bits per heavy atom. The maximum Gasteiger partial charge on any atom is 0.426 e. The van der Waals surface area contributed by atoms with Gasteiger partial charge in [-0.3, -0.25) is 4.79 Å². The number of carbonyl (C=O) groups is 2. The van der Waals surface area contributed by atoms with E-state index in [1.54, 1.807) is 26.8 Å². The summed E-state index contributed by atoms with van der Waals surface area (Å²) < 4.78 is 17.9. The van der Waals surface area contributed by atoms with Gasteiger partial charge >= 0.3 is 6.09 Å². The molecule has 1 spiro atoms. The van der Waals surface area contributed by atoms with Gasteiger partial charge in [-0.1, -0.05) is 30.3 Å². The maximum atomic E-state index is 14.4. The summed E-state index contributed by atoms with van der Waals surface area (Å²) in [5.41, 5.74) is 2.37. The van der Waals surface area contributed by atoms with Crippen LogP contribution in [0.15, 0.2) is 60.7 Å². The van der Waals surface area contributed by atoms with Gasteiger partial charge in [-0.25, -0.2) is 14.8 Å². The van der Waals surface area contributed by atoms with E-state index >= 15 is 0 Å². The van der Waals surface area contributed by atoms with Crippen molar-refractivity contribution in [3.8, 4) is 11.5 Å². The Kier molecular flexibility index (Phi) is 6.51. The van der Waals surface area contributed by atoms with Crippen molar-refractivity contribution in [2.45, 2.75) is 31.8 Å². The number of ether oxygens (including phenoxy) is 3. The molecule has 224 valence electrons. The summed E-state index contributed by atoms with van der Waals surface area (Å²) >= 11 is 0. The summed E-state index contributed by atoms with van der Waals surface area (Å²) in [6.45, 7) is 11.0. The molecule has 0 radical (unpaired) electrons. The predicted octanol–water partition coefficient (Wildman–Crippen LogP) is 4.91. The zero-order valence-electron chi connectivity index (χ0n) is 24.7. The number of hydrogen-bond donors (Lipinski definition) is 1. The van der Waals surface area contributed by atoms with Gasteiger partial charge < -0.3 is 29.1 Å². The van der Waals surface area contributed by atoms with Gasteiger partial charge in [0.2, 0.25) is 0 Å². The highest BCUT2D eigenvalue weighted by Gasteiger charge is 2.60. The number of carbonyl (C=O) groups excluding carboxylic acids is 1. The van der Waals surface area contributed by atoms with Crippen LogP contribution in [0.2, 0.25) is 0 Å². The van der Waals surface area contributed by atoms with Gasteiger partial charge in [0.05, 0.1) is 32.0 Å². The van der Waals surface area contributed by atoms with Crippen LogP contribution in [-0.2, 0) is 15.0 Å². The topological polar surface area (TPSA) is 95.0 Å². The van der Waals surface area contributed by atoms with Gasteiger partial charge in [0.25, 0.3) is 5.91 Å². The second kappa shape index (κ2) is 10.2. The second-order valence-electron chi connectivity index (χ2n) is 12.3. The number of amides is 2. The van der Waals surface area contributed by atoms with Crippen LogP contribution in [0.5, 0.6) is 11.5 Å². The Morgan fingerprint density at radius 3 is 1.79 bits per heavy atom. The maximum absolute atomic E-state index is 14.4. The van der Waals surface area contributed by atoms with Crippen LogP contribution in [0.4, 0.5) is 16.2 Å². The molecule has 2 fully saturated rings. The Balaban J connectivity index is 1.51. The molecule has 0 bridgehead atoms. The monoisotopic (exact) mass is 584 g/mol. The molecule has 43 heavy (non-hydrogen) atoms. The number of rotatable bonds is 3. The van der Waals surface area contributed by atoms with Gasteiger partial charge in [-0.15, -0.1) is 0 Å². The summed E-state index contributed by atoms with van der Waals surface area (Å²) in [5, 5.41) is 13.3. The molecule has 10 heteroatoms. The minimum Gasteiger partial charge on any atom is -0.464 e. The molecule has 10 nitrogen and oxygen atoms in total. The number of morpholine rings is 2. The lowest BCUT2D eigenvalue weighted by Crippen LogP contribution is -2.63. The fourth-order valence-corrected chi connectivity index (χ4v) is 6.89. The van der Waals surface area contributed by atoms with Gasteiger partial charge in [0.15, 0.2) is 0 Å². The molecule has 3 aromatic rings. The number of benzene rings is 3. The summed E-state index contributed by atoms with van der Waals surface area (Å²) in [5.74, 6) is 0.801. The fraction of sp³-hybridized carbons (Fsp3) is 0.394. The third kappa shape index (κ3) is 4.23. The van der Waals surface area contributed by atoms with Crippen molar-refractivity contribution < 1.29 is 28.9 Å². The molecular formula is C33H36N4O6. The van der Waals surface area contributed by atoms with Crippen molar-refractivity contribution >= 4 is 23.4 Å².